The van der Waals surface area contributed by atoms with Crippen molar-refractivity contribution in [3.05, 3.63) is 33.2 Å². The standard InChI is InChI=1S/C14H19N3O3S/c1-4-16(8-13(19)20-5-2)7-11-6-12(18)17-10(3)9-21-14(17)15-11/h6,9H,4-5,7-8H2,1-3H3. The highest BCUT2D eigenvalue weighted by atomic mass is 32.1. The summed E-state index contributed by atoms with van der Waals surface area (Å²) in [4.78, 5) is 30.7. The highest BCUT2D eigenvalue weighted by Gasteiger charge is 2.13. The summed E-state index contributed by atoms with van der Waals surface area (Å²) >= 11 is 1.44. The molecule has 0 saturated carbocycles. The number of hydrogen-bond acceptors (Lipinski definition) is 6. The van der Waals surface area contributed by atoms with Crippen molar-refractivity contribution in [2.45, 2.75) is 27.3 Å². The Bertz CT molecular complexity index is 692. The summed E-state index contributed by atoms with van der Waals surface area (Å²) in [6.45, 7) is 7.33. The number of esters is 1. The second-order valence-corrected chi connectivity index (χ2v) is 5.53. The van der Waals surface area contributed by atoms with E-state index >= 15 is 0 Å². The molecule has 0 radical (unpaired) electrons. The minimum Gasteiger partial charge on any atom is -0.465 e. The quantitative estimate of drug-likeness (QED) is 0.756. The van der Waals surface area contributed by atoms with Gasteiger partial charge in [-0.1, -0.05) is 6.92 Å². The van der Waals surface area contributed by atoms with Gasteiger partial charge in [-0.25, -0.2) is 4.98 Å². The van der Waals surface area contributed by atoms with Gasteiger partial charge < -0.3 is 4.74 Å². The summed E-state index contributed by atoms with van der Waals surface area (Å²) in [5.74, 6) is -0.260. The van der Waals surface area contributed by atoms with Gasteiger partial charge in [0.1, 0.15) is 0 Å². The monoisotopic (exact) mass is 309 g/mol. The second-order valence-electron chi connectivity index (χ2n) is 4.69. The maximum atomic E-state index is 12.1. The van der Waals surface area contributed by atoms with Crippen LogP contribution in [0, 0.1) is 6.92 Å². The van der Waals surface area contributed by atoms with Gasteiger partial charge in [-0.05, 0) is 20.4 Å². The normalized spacial score (nSPS) is 11.2. The van der Waals surface area contributed by atoms with Crippen LogP contribution < -0.4 is 5.56 Å². The molecule has 0 aliphatic rings. The molecule has 2 heterocycles. The molecule has 7 heteroatoms. The van der Waals surface area contributed by atoms with E-state index in [0.29, 0.717) is 30.4 Å². The predicted molar refractivity (Wildman–Crippen MR) is 81.7 cm³/mol. The number of aromatic nitrogens is 2. The van der Waals surface area contributed by atoms with Gasteiger partial charge >= 0.3 is 5.97 Å². The lowest BCUT2D eigenvalue weighted by molar-refractivity contribution is -0.144. The molecule has 0 atom stereocenters. The SMILES string of the molecule is CCOC(=O)CN(CC)Cc1cc(=O)n2c(C)csc2n1. The van der Waals surface area contributed by atoms with Crippen molar-refractivity contribution in [2.75, 3.05) is 19.7 Å². The fraction of sp³-hybridized carbons (Fsp3) is 0.500. The summed E-state index contributed by atoms with van der Waals surface area (Å²) < 4.78 is 6.54. The zero-order valence-corrected chi connectivity index (χ0v) is 13.3. The Balaban J connectivity index is 2.18. The molecule has 0 saturated heterocycles. The Morgan fingerprint density at radius 1 is 1.48 bits per heavy atom. The van der Waals surface area contributed by atoms with Crippen molar-refractivity contribution in [3.63, 3.8) is 0 Å². The Labute approximate surface area is 127 Å². The first-order chi connectivity index (χ1) is 10.0. The molecule has 6 nitrogen and oxygen atoms in total. The first-order valence-electron chi connectivity index (χ1n) is 6.89. The highest BCUT2D eigenvalue weighted by molar-refractivity contribution is 7.15. The number of rotatable bonds is 6. The topological polar surface area (TPSA) is 63.9 Å². The number of nitrogens with zero attached hydrogens (tertiary/aromatic N) is 3. The third-order valence-electron chi connectivity index (χ3n) is 3.12. The van der Waals surface area contributed by atoms with Crippen molar-refractivity contribution in [2.24, 2.45) is 0 Å². The first-order valence-corrected chi connectivity index (χ1v) is 7.77. The largest absolute Gasteiger partial charge is 0.465 e. The molecule has 0 amide bonds. The number of aryl methyl sites for hydroxylation is 1. The number of likely N-dealkylation sites (N-methyl/N-ethyl adjacent to an activating group) is 1. The third kappa shape index (κ3) is 3.68. The second kappa shape index (κ2) is 6.82. The molecule has 0 N–H and O–H groups in total. The highest BCUT2D eigenvalue weighted by Crippen LogP contribution is 2.12. The third-order valence-corrected chi connectivity index (χ3v) is 4.06. The van der Waals surface area contributed by atoms with E-state index in [9.17, 15) is 9.59 Å². The van der Waals surface area contributed by atoms with Gasteiger partial charge in [0.25, 0.3) is 5.56 Å². The zero-order chi connectivity index (χ0) is 15.4. The Hall–Kier alpha value is -1.73. The fourth-order valence-electron chi connectivity index (χ4n) is 2.08. The molecule has 0 fully saturated rings. The maximum Gasteiger partial charge on any atom is 0.320 e. The molecule has 0 bridgehead atoms. The molecule has 0 unspecified atom stereocenters. The van der Waals surface area contributed by atoms with Crippen LogP contribution in [0.25, 0.3) is 4.96 Å². The average molecular weight is 309 g/mol. The van der Waals surface area contributed by atoms with Gasteiger partial charge in [-0.15, -0.1) is 11.3 Å². The number of fused-ring (bicyclic) bond motifs is 1. The molecule has 114 valence electrons. The molecular formula is C14H19N3O3S. The Kier molecular flexibility index (Phi) is 5.08. The van der Waals surface area contributed by atoms with E-state index in [4.69, 9.17) is 4.74 Å². The van der Waals surface area contributed by atoms with E-state index < -0.39 is 0 Å². The van der Waals surface area contributed by atoms with Crippen LogP contribution in [-0.2, 0) is 16.1 Å². The van der Waals surface area contributed by atoms with Crippen LogP contribution in [0.3, 0.4) is 0 Å². The number of ether oxygens (including phenoxy) is 1. The van der Waals surface area contributed by atoms with Gasteiger partial charge in [0.15, 0.2) is 4.96 Å². The van der Waals surface area contributed by atoms with Crippen LogP contribution in [0.1, 0.15) is 25.2 Å². The van der Waals surface area contributed by atoms with E-state index in [1.54, 1.807) is 11.3 Å². The lowest BCUT2D eigenvalue weighted by atomic mass is 10.3. The predicted octanol–water partition coefficient (Wildman–Crippen LogP) is 1.45. The zero-order valence-electron chi connectivity index (χ0n) is 12.5. The van der Waals surface area contributed by atoms with E-state index in [0.717, 1.165) is 5.69 Å². The van der Waals surface area contributed by atoms with Crippen LogP contribution in [0.5, 0.6) is 0 Å². The first kappa shape index (κ1) is 15.7. The summed E-state index contributed by atoms with van der Waals surface area (Å²) in [6.07, 6.45) is 0. The van der Waals surface area contributed by atoms with E-state index in [1.807, 2.05) is 24.1 Å². The molecule has 0 aliphatic heterocycles. The fourth-order valence-corrected chi connectivity index (χ4v) is 2.97. The molecule has 21 heavy (non-hydrogen) atoms. The lowest BCUT2D eigenvalue weighted by Crippen LogP contribution is -2.31. The Morgan fingerprint density at radius 2 is 2.24 bits per heavy atom. The Morgan fingerprint density at radius 3 is 2.90 bits per heavy atom. The smallest absolute Gasteiger partial charge is 0.320 e. The summed E-state index contributed by atoms with van der Waals surface area (Å²) in [7, 11) is 0. The molecule has 0 aromatic carbocycles. The number of hydrogen-bond donors (Lipinski definition) is 0. The van der Waals surface area contributed by atoms with Gasteiger partial charge in [0.05, 0.1) is 18.8 Å². The average Bonchev–Trinajstić information content (AvgIpc) is 2.80. The molecule has 0 spiro atoms. The van der Waals surface area contributed by atoms with Gasteiger partial charge in [0.2, 0.25) is 0 Å². The summed E-state index contributed by atoms with van der Waals surface area (Å²) in [5.41, 5.74) is 1.48. The van der Waals surface area contributed by atoms with Crippen molar-refractivity contribution in [1.82, 2.24) is 14.3 Å². The lowest BCUT2D eigenvalue weighted by Gasteiger charge is -2.18. The van der Waals surface area contributed by atoms with E-state index in [-0.39, 0.29) is 18.1 Å². The number of carbonyl (C=O) groups excluding carboxylic acids is 1. The van der Waals surface area contributed by atoms with Crippen LogP contribution in [0.4, 0.5) is 0 Å². The van der Waals surface area contributed by atoms with Crippen LogP contribution in [0.2, 0.25) is 0 Å². The molecule has 2 rings (SSSR count). The number of carbonyl (C=O) groups is 1. The molecule has 0 aliphatic carbocycles. The minimum absolute atomic E-state index is 0.0825. The van der Waals surface area contributed by atoms with E-state index in [2.05, 4.69) is 4.98 Å². The van der Waals surface area contributed by atoms with Crippen LogP contribution >= 0.6 is 11.3 Å². The van der Waals surface area contributed by atoms with Crippen molar-refractivity contribution in [3.8, 4) is 0 Å². The minimum atomic E-state index is -0.260. The maximum absolute atomic E-state index is 12.1. The summed E-state index contributed by atoms with van der Waals surface area (Å²) in [6, 6.07) is 1.53. The van der Waals surface area contributed by atoms with Crippen molar-refractivity contribution < 1.29 is 9.53 Å². The van der Waals surface area contributed by atoms with Gasteiger partial charge in [-0.2, -0.15) is 0 Å². The van der Waals surface area contributed by atoms with Gasteiger partial charge in [0, 0.05) is 23.7 Å². The molecule has 2 aromatic heterocycles. The molecular weight excluding hydrogens is 290 g/mol. The van der Waals surface area contributed by atoms with Crippen molar-refractivity contribution in [1.29, 1.82) is 0 Å². The van der Waals surface area contributed by atoms with Crippen LogP contribution in [-0.4, -0.2) is 40.0 Å². The van der Waals surface area contributed by atoms with E-state index in [1.165, 1.54) is 17.4 Å². The number of thiazole rings is 1. The van der Waals surface area contributed by atoms with Crippen LogP contribution in [0.15, 0.2) is 16.2 Å². The molecule has 2 aromatic rings. The van der Waals surface area contributed by atoms with Gasteiger partial charge in [-0.3, -0.25) is 18.9 Å². The summed E-state index contributed by atoms with van der Waals surface area (Å²) in [5, 5.41) is 1.91. The van der Waals surface area contributed by atoms with Crippen molar-refractivity contribution >= 4 is 22.3 Å².